The number of nitrogens with one attached hydrogen (secondary N) is 1. The molecule has 0 radical (unpaired) electrons. The highest BCUT2D eigenvalue weighted by atomic mass is 32.2. The Kier molecular flexibility index (Phi) is 7.90. The van der Waals surface area contributed by atoms with Crippen LogP contribution in [0, 0.1) is 13.8 Å². The summed E-state index contributed by atoms with van der Waals surface area (Å²) >= 11 is 1.33. The fourth-order valence-corrected chi connectivity index (χ4v) is 6.89. The third-order valence-electron chi connectivity index (χ3n) is 6.04. The van der Waals surface area contributed by atoms with Gasteiger partial charge in [0, 0.05) is 22.8 Å². The highest BCUT2D eigenvalue weighted by Gasteiger charge is 2.36. The molecule has 37 heavy (non-hydrogen) atoms. The molecular weight excluding hydrogens is 516 g/mol. The van der Waals surface area contributed by atoms with Crippen molar-refractivity contribution in [2.45, 2.75) is 42.5 Å². The van der Waals surface area contributed by atoms with E-state index in [-0.39, 0.29) is 27.7 Å². The Balaban J connectivity index is 1.61. The van der Waals surface area contributed by atoms with Crippen molar-refractivity contribution in [3.63, 3.8) is 0 Å². The number of methoxy groups -OCH3 is 1. The minimum Gasteiger partial charge on any atom is -0.497 e. The number of hydrogen-bond donors (Lipinski definition) is 2. The molecule has 0 fully saturated rings. The van der Waals surface area contributed by atoms with Crippen molar-refractivity contribution in [3.8, 4) is 5.75 Å². The van der Waals surface area contributed by atoms with E-state index in [1.165, 1.54) is 30.5 Å². The number of carbonyl (C=O) groups excluding carboxylic acids is 2. The summed E-state index contributed by atoms with van der Waals surface area (Å²) in [6.45, 7) is 3.34. The van der Waals surface area contributed by atoms with Crippen molar-refractivity contribution >= 4 is 39.3 Å². The highest BCUT2D eigenvalue weighted by Crippen LogP contribution is 2.36. The zero-order chi connectivity index (χ0) is 26.7. The lowest BCUT2D eigenvalue weighted by atomic mass is 10.1. The average Bonchev–Trinajstić information content (AvgIpc) is 3.16. The van der Waals surface area contributed by atoms with Crippen LogP contribution in [0.3, 0.4) is 0 Å². The molecule has 12 heteroatoms. The van der Waals surface area contributed by atoms with Gasteiger partial charge in [-0.1, -0.05) is 17.3 Å². The predicted molar refractivity (Wildman–Crippen MR) is 139 cm³/mol. The van der Waals surface area contributed by atoms with E-state index < -0.39 is 27.9 Å². The minimum absolute atomic E-state index is 0.0749. The number of carbonyl (C=O) groups is 2. The maximum Gasteiger partial charge on any atom is 0.248 e. The van der Waals surface area contributed by atoms with Crippen molar-refractivity contribution in [2.75, 3.05) is 24.3 Å². The van der Waals surface area contributed by atoms with E-state index in [1.54, 1.807) is 25.3 Å². The normalized spacial score (nSPS) is 15.8. The van der Waals surface area contributed by atoms with E-state index in [1.807, 2.05) is 24.3 Å². The van der Waals surface area contributed by atoms with Crippen molar-refractivity contribution in [3.05, 3.63) is 65.0 Å². The standard InChI is InChI=1S/C25H28N4O6S2/c1-15-23(16(2)35-27-15)37(32,33)28-20-14-36-22-11-8-18(24(26)30)13-21(22)29(25(20)31)12-4-5-17-6-9-19(34-3)10-7-17/h6-11,13,20,28H,4-5,12,14H2,1-3H3,(H2,26,30)/t20-/m0/s1. The Morgan fingerprint density at radius 1 is 1.24 bits per heavy atom. The molecule has 1 aliphatic heterocycles. The van der Waals surface area contributed by atoms with Crippen molar-refractivity contribution in [1.29, 1.82) is 0 Å². The van der Waals surface area contributed by atoms with Crippen LogP contribution in [0.25, 0.3) is 0 Å². The monoisotopic (exact) mass is 544 g/mol. The molecule has 0 unspecified atom stereocenters. The quantitative estimate of drug-likeness (QED) is 0.418. The minimum atomic E-state index is -4.08. The van der Waals surface area contributed by atoms with E-state index in [9.17, 15) is 18.0 Å². The van der Waals surface area contributed by atoms with E-state index in [0.717, 1.165) is 16.2 Å². The lowest BCUT2D eigenvalue weighted by molar-refractivity contribution is -0.119. The molecule has 2 aromatic carbocycles. The van der Waals surface area contributed by atoms with E-state index >= 15 is 0 Å². The Morgan fingerprint density at radius 3 is 2.59 bits per heavy atom. The van der Waals surface area contributed by atoms with Gasteiger partial charge in [-0.25, -0.2) is 8.42 Å². The van der Waals surface area contributed by atoms with Gasteiger partial charge in [-0.2, -0.15) is 4.72 Å². The number of aryl methyl sites for hydroxylation is 3. The number of aromatic nitrogens is 1. The molecule has 0 saturated carbocycles. The lowest BCUT2D eigenvalue weighted by Crippen LogP contribution is -2.49. The van der Waals surface area contributed by atoms with Crippen LogP contribution in [0.15, 0.2) is 56.8 Å². The summed E-state index contributed by atoms with van der Waals surface area (Å²) in [5, 5.41) is 3.72. The van der Waals surface area contributed by atoms with Crippen molar-refractivity contribution < 1.29 is 27.3 Å². The molecule has 2 heterocycles. The number of nitrogens with zero attached hydrogens (tertiary/aromatic N) is 2. The first-order chi connectivity index (χ1) is 17.6. The summed E-state index contributed by atoms with van der Waals surface area (Å²) in [4.78, 5) is 27.8. The molecule has 1 atom stereocenters. The lowest BCUT2D eigenvalue weighted by Gasteiger charge is -2.26. The Bertz CT molecular complexity index is 1400. The van der Waals surface area contributed by atoms with Crippen LogP contribution >= 0.6 is 11.8 Å². The number of ether oxygens (including phenoxy) is 1. The maximum atomic E-state index is 13.7. The molecule has 3 aromatic rings. The SMILES string of the molecule is COc1ccc(CCCN2C(=O)[C@@H](NS(=O)(=O)c3c(C)noc3C)CSc3ccc(C(N)=O)cc32)cc1. The van der Waals surface area contributed by atoms with Gasteiger partial charge in [-0.05, 0) is 62.6 Å². The van der Waals surface area contributed by atoms with Crippen molar-refractivity contribution in [1.82, 2.24) is 9.88 Å². The largest absolute Gasteiger partial charge is 0.497 e. The molecule has 10 nitrogen and oxygen atoms in total. The topological polar surface area (TPSA) is 145 Å². The number of nitrogens with two attached hydrogens (primary N) is 1. The number of benzene rings is 2. The zero-order valence-corrected chi connectivity index (χ0v) is 22.3. The fraction of sp³-hybridized carbons (Fsp3) is 0.320. The third kappa shape index (κ3) is 5.81. The van der Waals surface area contributed by atoms with Crippen LogP contribution < -0.4 is 20.1 Å². The van der Waals surface area contributed by atoms with Gasteiger partial charge in [0.2, 0.25) is 21.8 Å². The van der Waals surface area contributed by atoms with Crippen LogP contribution in [-0.4, -0.2) is 50.8 Å². The molecule has 0 bridgehead atoms. The molecule has 4 rings (SSSR count). The third-order valence-corrected chi connectivity index (χ3v) is 8.92. The molecular formula is C25H28N4O6S2. The summed E-state index contributed by atoms with van der Waals surface area (Å²) in [7, 11) is -2.48. The van der Waals surface area contributed by atoms with Gasteiger partial charge in [0.25, 0.3) is 0 Å². The number of fused-ring (bicyclic) bond motifs is 1. The number of rotatable bonds is 9. The van der Waals surface area contributed by atoms with Gasteiger partial charge < -0.3 is 19.9 Å². The molecule has 1 aromatic heterocycles. The van der Waals surface area contributed by atoms with Gasteiger partial charge in [-0.15, -0.1) is 11.8 Å². The molecule has 0 saturated heterocycles. The Morgan fingerprint density at radius 2 is 1.97 bits per heavy atom. The summed E-state index contributed by atoms with van der Waals surface area (Å²) in [5.74, 6) is 0.0322. The second kappa shape index (κ2) is 11.0. The number of amides is 2. The van der Waals surface area contributed by atoms with Crippen LogP contribution in [-0.2, 0) is 21.2 Å². The molecule has 1 aliphatic rings. The number of anilines is 1. The van der Waals surface area contributed by atoms with E-state index in [2.05, 4.69) is 9.88 Å². The first-order valence-corrected chi connectivity index (χ1v) is 14.0. The van der Waals surface area contributed by atoms with Gasteiger partial charge >= 0.3 is 0 Å². The molecule has 0 aliphatic carbocycles. The molecule has 0 spiro atoms. The second-order valence-corrected chi connectivity index (χ2v) is 11.3. The second-order valence-electron chi connectivity index (χ2n) is 8.63. The first-order valence-electron chi connectivity index (χ1n) is 11.6. The van der Waals surface area contributed by atoms with Crippen LogP contribution in [0.1, 0.15) is 33.8 Å². The van der Waals surface area contributed by atoms with Gasteiger partial charge in [0.15, 0.2) is 5.76 Å². The van der Waals surface area contributed by atoms with Crippen LogP contribution in [0.2, 0.25) is 0 Å². The maximum absolute atomic E-state index is 13.7. The Labute approximate surface area is 219 Å². The number of sulfonamides is 1. The van der Waals surface area contributed by atoms with Crippen molar-refractivity contribution in [2.24, 2.45) is 5.73 Å². The molecule has 2 amide bonds. The Hall–Kier alpha value is -3.35. The highest BCUT2D eigenvalue weighted by molar-refractivity contribution is 7.99. The number of thioether (sulfide) groups is 1. The average molecular weight is 545 g/mol. The van der Waals surface area contributed by atoms with Gasteiger partial charge in [0.1, 0.15) is 22.4 Å². The number of primary amides is 1. The van der Waals surface area contributed by atoms with Gasteiger partial charge in [-0.3, -0.25) is 9.59 Å². The van der Waals surface area contributed by atoms with Crippen LogP contribution in [0.4, 0.5) is 5.69 Å². The van der Waals surface area contributed by atoms with E-state index in [0.29, 0.717) is 25.1 Å². The zero-order valence-electron chi connectivity index (χ0n) is 20.7. The molecule has 196 valence electrons. The number of hydrogen-bond acceptors (Lipinski definition) is 8. The van der Waals surface area contributed by atoms with E-state index in [4.69, 9.17) is 15.0 Å². The fourth-order valence-electron chi connectivity index (χ4n) is 4.21. The first kappa shape index (κ1) is 26.7. The molecule has 3 N–H and O–H groups in total. The smallest absolute Gasteiger partial charge is 0.248 e. The summed E-state index contributed by atoms with van der Waals surface area (Å²) < 4.78 is 39.1. The summed E-state index contributed by atoms with van der Waals surface area (Å²) in [6, 6.07) is 11.5. The van der Waals surface area contributed by atoms with Gasteiger partial charge in [0.05, 0.1) is 12.8 Å². The summed E-state index contributed by atoms with van der Waals surface area (Å²) in [6.07, 6.45) is 1.29. The summed E-state index contributed by atoms with van der Waals surface area (Å²) in [5.41, 5.74) is 7.57. The van der Waals surface area contributed by atoms with Crippen LogP contribution in [0.5, 0.6) is 5.75 Å². The predicted octanol–water partition coefficient (Wildman–Crippen LogP) is 2.82.